The Morgan fingerprint density at radius 2 is 1.63 bits per heavy atom. The van der Waals surface area contributed by atoms with Gasteiger partial charge in [0.2, 0.25) is 0 Å². The summed E-state index contributed by atoms with van der Waals surface area (Å²) in [6.45, 7) is 15.4. The van der Waals surface area contributed by atoms with Gasteiger partial charge in [0.1, 0.15) is 11.4 Å². The number of piperidine rings is 1. The fraction of sp³-hybridized carbons (Fsp3) is 0.472. The van der Waals surface area contributed by atoms with Crippen LogP contribution in [0.15, 0.2) is 54.7 Å². The van der Waals surface area contributed by atoms with Gasteiger partial charge in [-0.2, -0.15) is 0 Å². The number of hydrogen-bond acceptors (Lipinski definition) is 7. The monoisotopic (exact) mass is 631 g/mol. The number of amides is 3. The molecule has 3 aromatic rings. The molecule has 1 aliphatic heterocycles. The smallest absolute Gasteiger partial charge is 0.412 e. The van der Waals surface area contributed by atoms with Crippen LogP contribution in [0.4, 0.5) is 26.8 Å². The Labute approximate surface area is 272 Å². The molecule has 1 aromatic heterocycles. The van der Waals surface area contributed by atoms with E-state index in [-0.39, 0.29) is 29.0 Å². The number of pyridine rings is 1. The fourth-order valence-electron chi connectivity index (χ4n) is 5.94. The number of carbonyl (C=O) groups is 2. The van der Waals surface area contributed by atoms with Gasteiger partial charge < -0.3 is 30.1 Å². The number of nitrogens with one attached hydrogen (secondary N) is 3. The molecule has 4 rings (SSSR count). The van der Waals surface area contributed by atoms with Crippen LogP contribution >= 0.6 is 0 Å². The van der Waals surface area contributed by atoms with Gasteiger partial charge in [0, 0.05) is 42.6 Å². The van der Waals surface area contributed by atoms with Crippen molar-refractivity contribution in [3.63, 3.8) is 0 Å². The van der Waals surface area contributed by atoms with Gasteiger partial charge in [-0.1, -0.05) is 39.8 Å². The number of urea groups is 1. The summed E-state index contributed by atoms with van der Waals surface area (Å²) in [6.07, 6.45) is 2.62. The third kappa shape index (κ3) is 8.41. The second-order valence-corrected chi connectivity index (χ2v) is 13.6. The summed E-state index contributed by atoms with van der Waals surface area (Å²) in [5.41, 5.74) is 3.29. The van der Waals surface area contributed by atoms with Gasteiger partial charge in [0.05, 0.1) is 7.11 Å². The highest BCUT2D eigenvalue weighted by atomic mass is 16.6. The van der Waals surface area contributed by atoms with Crippen LogP contribution in [-0.2, 0) is 10.2 Å². The fourth-order valence-corrected chi connectivity index (χ4v) is 5.94. The molecular weight excluding hydrogens is 582 g/mol. The predicted octanol–water partition coefficient (Wildman–Crippen LogP) is 7.75. The van der Waals surface area contributed by atoms with Crippen molar-refractivity contribution in [1.82, 2.24) is 10.3 Å². The molecule has 2 heterocycles. The van der Waals surface area contributed by atoms with Gasteiger partial charge in [-0.25, -0.2) is 14.6 Å². The number of aromatic nitrogens is 1. The first-order valence-corrected chi connectivity index (χ1v) is 16.0. The summed E-state index contributed by atoms with van der Waals surface area (Å²) in [6, 6.07) is 14.9. The minimum atomic E-state index is -0.621. The number of carbonyl (C=O) groups excluding carboxylic acids is 2. The molecule has 1 saturated heterocycles. The molecule has 1 aliphatic rings. The summed E-state index contributed by atoms with van der Waals surface area (Å²) in [5.74, 6) is 1.63. The number of methoxy groups -OCH3 is 1. The average Bonchev–Trinajstić information content (AvgIpc) is 3.00. The highest BCUT2D eigenvalue weighted by Gasteiger charge is 2.38. The topological polar surface area (TPSA) is 125 Å². The van der Waals surface area contributed by atoms with E-state index in [1.165, 1.54) is 0 Å². The van der Waals surface area contributed by atoms with Gasteiger partial charge in [-0.15, -0.1) is 0 Å². The van der Waals surface area contributed by atoms with Crippen molar-refractivity contribution in [2.45, 2.75) is 84.2 Å². The normalized spacial score (nSPS) is 14.6. The largest absolute Gasteiger partial charge is 0.504 e. The SMILES string of the molecule is COc1cccc(C2(CNC(=O)Nc3c(C(C)C)cc(NC(=O)OC(C)(C)C)cc3C(C)C)CCN(c3ncccc3O)CC2)c1. The summed E-state index contributed by atoms with van der Waals surface area (Å²) in [5, 5.41) is 19.6. The van der Waals surface area contributed by atoms with Crippen molar-refractivity contribution < 1.29 is 24.2 Å². The molecule has 248 valence electrons. The van der Waals surface area contributed by atoms with Crippen LogP contribution in [0.1, 0.15) is 89.8 Å². The standard InChI is InChI=1S/C36H49N5O5/c1-23(2)28-20-26(39-34(44)46-35(5,6)7)21-29(24(3)4)31(28)40-33(43)38-22-36(25-11-9-12-27(19-25)45-8)14-17-41(18-15-36)32-30(42)13-10-16-37-32/h9-13,16,19-21,23-24,42H,14-15,17-18,22H2,1-8H3,(H,39,44)(H2,38,40,43). The quantitative estimate of drug-likeness (QED) is 0.190. The second-order valence-electron chi connectivity index (χ2n) is 13.6. The Bertz CT molecular complexity index is 1490. The minimum Gasteiger partial charge on any atom is -0.504 e. The number of benzene rings is 2. The van der Waals surface area contributed by atoms with Crippen molar-refractivity contribution in [1.29, 1.82) is 0 Å². The summed E-state index contributed by atoms with van der Waals surface area (Å²) >= 11 is 0. The van der Waals surface area contributed by atoms with Crippen LogP contribution in [0.2, 0.25) is 0 Å². The number of aromatic hydroxyl groups is 1. The third-order valence-corrected chi connectivity index (χ3v) is 8.38. The van der Waals surface area contributed by atoms with Crippen molar-refractivity contribution in [3.05, 3.63) is 71.4 Å². The van der Waals surface area contributed by atoms with Gasteiger partial charge >= 0.3 is 12.1 Å². The zero-order valence-electron chi connectivity index (χ0n) is 28.4. The van der Waals surface area contributed by atoms with Crippen molar-refractivity contribution in [3.8, 4) is 11.5 Å². The zero-order valence-corrected chi connectivity index (χ0v) is 28.4. The van der Waals surface area contributed by atoms with E-state index >= 15 is 0 Å². The second kappa shape index (κ2) is 14.3. The van der Waals surface area contributed by atoms with E-state index in [1.807, 2.05) is 51.1 Å². The van der Waals surface area contributed by atoms with Gasteiger partial charge in [-0.3, -0.25) is 5.32 Å². The van der Waals surface area contributed by atoms with Crippen LogP contribution in [0.5, 0.6) is 11.5 Å². The molecule has 0 bridgehead atoms. The molecule has 0 aliphatic carbocycles. The maximum absolute atomic E-state index is 13.7. The number of nitrogens with zero attached hydrogens (tertiary/aromatic N) is 2. The molecule has 0 saturated carbocycles. The number of anilines is 3. The van der Waals surface area contributed by atoms with Crippen LogP contribution in [-0.4, -0.2) is 54.6 Å². The predicted molar refractivity (Wildman–Crippen MR) is 184 cm³/mol. The van der Waals surface area contributed by atoms with Gasteiger partial charge in [0.25, 0.3) is 0 Å². The summed E-state index contributed by atoms with van der Waals surface area (Å²) in [4.78, 5) is 32.7. The first-order chi connectivity index (χ1) is 21.7. The lowest BCUT2D eigenvalue weighted by Crippen LogP contribution is -2.50. The number of ether oxygens (including phenoxy) is 2. The maximum atomic E-state index is 13.7. The van der Waals surface area contributed by atoms with Crippen molar-refractivity contribution in [2.75, 3.05) is 42.3 Å². The lowest BCUT2D eigenvalue weighted by atomic mass is 9.72. The average molecular weight is 632 g/mol. The first kappa shape index (κ1) is 34.4. The molecule has 3 amide bonds. The molecule has 2 aromatic carbocycles. The van der Waals surface area contributed by atoms with Crippen LogP contribution in [0.3, 0.4) is 0 Å². The Balaban J connectivity index is 1.57. The molecule has 10 heteroatoms. The number of hydrogen-bond donors (Lipinski definition) is 4. The van der Waals surface area contributed by atoms with E-state index in [1.54, 1.807) is 25.4 Å². The van der Waals surface area contributed by atoms with Crippen molar-refractivity contribution >= 4 is 29.3 Å². The molecule has 1 fully saturated rings. The Morgan fingerprint density at radius 1 is 0.978 bits per heavy atom. The Hall–Kier alpha value is -4.47. The van der Waals surface area contributed by atoms with E-state index < -0.39 is 11.7 Å². The van der Waals surface area contributed by atoms with Crippen LogP contribution in [0, 0.1) is 0 Å². The van der Waals surface area contributed by atoms with Crippen LogP contribution in [0.25, 0.3) is 0 Å². The number of rotatable bonds is 9. The summed E-state index contributed by atoms with van der Waals surface area (Å²) in [7, 11) is 1.65. The Kier molecular flexibility index (Phi) is 10.7. The molecule has 10 nitrogen and oxygen atoms in total. The molecule has 0 spiro atoms. The minimum absolute atomic E-state index is 0.0728. The van der Waals surface area contributed by atoms with Gasteiger partial charge in [-0.05, 0) is 98.5 Å². The van der Waals surface area contributed by atoms with Crippen LogP contribution < -0.4 is 25.6 Å². The molecule has 0 radical (unpaired) electrons. The molecule has 4 N–H and O–H groups in total. The lowest BCUT2D eigenvalue weighted by molar-refractivity contribution is 0.0636. The van der Waals surface area contributed by atoms with E-state index in [0.717, 1.165) is 41.0 Å². The van der Waals surface area contributed by atoms with E-state index in [2.05, 4.69) is 59.6 Å². The first-order valence-electron chi connectivity index (χ1n) is 16.0. The summed E-state index contributed by atoms with van der Waals surface area (Å²) < 4.78 is 11.0. The van der Waals surface area contributed by atoms with E-state index in [9.17, 15) is 14.7 Å². The highest BCUT2D eigenvalue weighted by Crippen LogP contribution is 2.40. The maximum Gasteiger partial charge on any atom is 0.412 e. The molecular formula is C36H49N5O5. The van der Waals surface area contributed by atoms with E-state index in [0.29, 0.717) is 31.1 Å². The van der Waals surface area contributed by atoms with Gasteiger partial charge in [0.15, 0.2) is 11.6 Å². The molecule has 46 heavy (non-hydrogen) atoms. The lowest BCUT2D eigenvalue weighted by Gasteiger charge is -2.43. The highest BCUT2D eigenvalue weighted by molar-refractivity contribution is 5.93. The zero-order chi connectivity index (χ0) is 33.6. The molecule has 0 unspecified atom stereocenters. The van der Waals surface area contributed by atoms with Crippen molar-refractivity contribution in [2.24, 2.45) is 0 Å². The molecule has 0 atom stereocenters. The van der Waals surface area contributed by atoms with E-state index in [4.69, 9.17) is 9.47 Å². The third-order valence-electron chi connectivity index (χ3n) is 8.38. The Morgan fingerprint density at radius 3 is 2.20 bits per heavy atom.